The van der Waals surface area contributed by atoms with E-state index in [1.165, 1.54) is 0 Å². The number of hydrogen-bond donors (Lipinski definition) is 2. The Balaban J connectivity index is 1.30. The number of carbonyl (C=O) groups excluding carboxylic acids is 3. The van der Waals surface area contributed by atoms with E-state index in [1.807, 2.05) is 73.7 Å². The molecule has 4 aromatic rings. The number of H-pyrrole nitrogens is 1. The fourth-order valence-corrected chi connectivity index (χ4v) is 3.76. The third-order valence-electron chi connectivity index (χ3n) is 5.20. The molecule has 1 amide bonds. The molecule has 1 heterocycles. The number of esters is 1. The van der Waals surface area contributed by atoms with Crippen LogP contribution in [0.3, 0.4) is 0 Å². The number of benzene rings is 3. The van der Waals surface area contributed by atoms with Crippen molar-refractivity contribution in [2.75, 3.05) is 13.2 Å². The van der Waals surface area contributed by atoms with Crippen molar-refractivity contribution in [1.29, 1.82) is 0 Å². The molecule has 0 bridgehead atoms. The third kappa shape index (κ3) is 4.48. The van der Waals surface area contributed by atoms with Gasteiger partial charge in [0.2, 0.25) is 11.7 Å². The number of amides is 1. The van der Waals surface area contributed by atoms with Gasteiger partial charge in [-0.15, -0.1) is 0 Å². The van der Waals surface area contributed by atoms with Gasteiger partial charge in [0.25, 0.3) is 0 Å². The summed E-state index contributed by atoms with van der Waals surface area (Å²) in [7, 11) is 0. The number of nitrogens with one attached hydrogen (secondary N) is 2. The predicted octanol–water partition coefficient (Wildman–Crippen LogP) is 3.71. The molecule has 2 N–H and O–H groups in total. The topological polar surface area (TPSA) is 88.3 Å². The molecule has 0 aliphatic rings. The van der Waals surface area contributed by atoms with Gasteiger partial charge in [-0.1, -0.05) is 60.7 Å². The molecule has 0 aliphatic heterocycles. The van der Waals surface area contributed by atoms with Gasteiger partial charge in [-0.3, -0.25) is 14.4 Å². The summed E-state index contributed by atoms with van der Waals surface area (Å²) < 4.78 is 5.09. The molecule has 0 saturated carbocycles. The van der Waals surface area contributed by atoms with Crippen molar-refractivity contribution in [1.82, 2.24) is 10.3 Å². The number of Topliss-reactive ketones (excluding diaryl/α,β-unsaturated/α-hetero) is 1. The van der Waals surface area contributed by atoms with Crippen molar-refractivity contribution in [2.24, 2.45) is 0 Å². The molecule has 6 heteroatoms. The average Bonchev–Trinajstić information content (AvgIpc) is 3.12. The van der Waals surface area contributed by atoms with Crippen LogP contribution in [0, 0.1) is 6.92 Å². The van der Waals surface area contributed by atoms with E-state index in [0.717, 1.165) is 32.9 Å². The number of hydrogen-bond acceptors (Lipinski definition) is 4. The van der Waals surface area contributed by atoms with Gasteiger partial charge in [-0.2, -0.15) is 0 Å². The molecule has 4 rings (SSSR count). The largest absolute Gasteiger partial charge is 0.456 e. The average molecular weight is 414 g/mol. The van der Waals surface area contributed by atoms with E-state index in [4.69, 9.17) is 4.74 Å². The third-order valence-corrected chi connectivity index (χ3v) is 5.20. The van der Waals surface area contributed by atoms with Crippen LogP contribution >= 0.6 is 0 Å². The molecule has 1 aromatic heterocycles. The lowest BCUT2D eigenvalue weighted by atomic mass is 10.0. The van der Waals surface area contributed by atoms with Gasteiger partial charge in [-0.05, 0) is 29.3 Å². The van der Waals surface area contributed by atoms with Crippen molar-refractivity contribution in [2.45, 2.75) is 13.3 Å². The van der Waals surface area contributed by atoms with Gasteiger partial charge in [0, 0.05) is 22.2 Å². The fourth-order valence-electron chi connectivity index (χ4n) is 3.76. The van der Waals surface area contributed by atoms with Gasteiger partial charge in [-0.25, -0.2) is 0 Å². The monoisotopic (exact) mass is 414 g/mol. The van der Waals surface area contributed by atoms with Crippen LogP contribution in [0.2, 0.25) is 0 Å². The van der Waals surface area contributed by atoms with Crippen LogP contribution in [0.1, 0.15) is 21.6 Å². The second-order valence-electron chi connectivity index (χ2n) is 7.35. The first-order valence-electron chi connectivity index (χ1n) is 10.0. The highest BCUT2D eigenvalue weighted by Gasteiger charge is 2.18. The first-order valence-corrected chi connectivity index (χ1v) is 10.0. The zero-order valence-electron chi connectivity index (χ0n) is 17.1. The van der Waals surface area contributed by atoms with Crippen molar-refractivity contribution in [3.8, 4) is 0 Å². The Bertz CT molecular complexity index is 1280. The molecular weight excluding hydrogens is 392 g/mol. The van der Waals surface area contributed by atoms with Crippen LogP contribution in [0.5, 0.6) is 0 Å². The molecule has 0 aliphatic carbocycles. The van der Waals surface area contributed by atoms with Crippen molar-refractivity contribution in [3.63, 3.8) is 0 Å². The molecule has 3 aromatic carbocycles. The van der Waals surface area contributed by atoms with Crippen molar-refractivity contribution >= 4 is 39.3 Å². The number of aromatic amines is 1. The van der Waals surface area contributed by atoms with Crippen LogP contribution in [-0.4, -0.2) is 35.8 Å². The SMILES string of the molecule is Cc1[nH]c2ccccc2c1C(=O)COC(=O)CNC(=O)Cc1cccc2ccccc12. The molecule has 0 saturated heterocycles. The van der Waals surface area contributed by atoms with Gasteiger partial charge >= 0.3 is 5.97 Å². The van der Waals surface area contributed by atoms with Crippen LogP contribution in [0.25, 0.3) is 21.7 Å². The Kier molecular flexibility index (Phi) is 5.80. The molecule has 31 heavy (non-hydrogen) atoms. The number of ketones is 1. The molecule has 6 nitrogen and oxygen atoms in total. The Hall–Kier alpha value is -3.93. The molecule has 156 valence electrons. The molecule has 0 radical (unpaired) electrons. The summed E-state index contributed by atoms with van der Waals surface area (Å²) in [4.78, 5) is 40.0. The lowest BCUT2D eigenvalue weighted by molar-refractivity contribution is -0.142. The lowest BCUT2D eigenvalue weighted by Gasteiger charge is -2.08. The smallest absolute Gasteiger partial charge is 0.325 e. The summed E-state index contributed by atoms with van der Waals surface area (Å²) in [5, 5.41) is 5.42. The van der Waals surface area contributed by atoms with Crippen LogP contribution in [0.4, 0.5) is 0 Å². The number of fused-ring (bicyclic) bond motifs is 2. The number of rotatable bonds is 7. The quantitative estimate of drug-likeness (QED) is 0.356. The summed E-state index contributed by atoms with van der Waals surface area (Å²) in [5.74, 6) is -1.23. The van der Waals surface area contributed by atoms with Gasteiger partial charge in [0.05, 0.1) is 6.42 Å². The number of aromatic nitrogens is 1. The summed E-state index contributed by atoms with van der Waals surface area (Å²) in [6.45, 7) is 1.15. The van der Waals surface area contributed by atoms with E-state index in [2.05, 4.69) is 10.3 Å². The highest BCUT2D eigenvalue weighted by atomic mass is 16.5. The lowest BCUT2D eigenvalue weighted by Crippen LogP contribution is -2.32. The highest BCUT2D eigenvalue weighted by molar-refractivity contribution is 6.10. The molecule has 0 unspecified atom stereocenters. The van der Waals surface area contributed by atoms with Gasteiger partial charge in [0.15, 0.2) is 6.61 Å². The highest BCUT2D eigenvalue weighted by Crippen LogP contribution is 2.22. The second kappa shape index (κ2) is 8.83. The Morgan fingerprint density at radius 3 is 2.45 bits per heavy atom. The van der Waals surface area contributed by atoms with E-state index in [1.54, 1.807) is 0 Å². The normalized spacial score (nSPS) is 10.9. The number of ether oxygens (including phenoxy) is 1. The number of carbonyl (C=O) groups is 3. The van der Waals surface area contributed by atoms with Crippen LogP contribution in [0.15, 0.2) is 66.7 Å². The molecular formula is C25H22N2O4. The summed E-state index contributed by atoms with van der Waals surface area (Å²) in [5.41, 5.74) is 2.98. The van der Waals surface area contributed by atoms with Gasteiger partial charge < -0.3 is 15.0 Å². The first-order chi connectivity index (χ1) is 15.0. The summed E-state index contributed by atoms with van der Waals surface area (Å²) in [6, 6.07) is 21.1. The van der Waals surface area contributed by atoms with Crippen LogP contribution in [-0.2, 0) is 20.7 Å². The van der Waals surface area contributed by atoms with Crippen molar-refractivity contribution in [3.05, 3.63) is 83.6 Å². The Labute approximate surface area is 179 Å². The zero-order valence-corrected chi connectivity index (χ0v) is 17.1. The first kappa shape index (κ1) is 20.3. The number of para-hydroxylation sites is 1. The molecule has 0 fully saturated rings. The van der Waals surface area contributed by atoms with Crippen molar-refractivity contribution < 1.29 is 19.1 Å². The van der Waals surface area contributed by atoms with E-state index in [0.29, 0.717) is 5.56 Å². The van der Waals surface area contributed by atoms with E-state index in [9.17, 15) is 14.4 Å². The Morgan fingerprint density at radius 2 is 1.61 bits per heavy atom. The maximum atomic E-state index is 12.6. The minimum Gasteiger partial charge on any atom is -0.456 e. The maximum absolute atomic E-state index is 12.6. The fraction of sp³-hybridized carbons (Fsp3) is 0.160. The van der Waals surface area contributed by atoms with Crippen LogP contribution < -0.4 is 5.32 Å². The predicted molar refractivity (Wildman–Crippen MR) is 119 cm³/mol. The number of aryl methyl sites for hydroxylation is 1. The van der Waals surface area contributed by atoms with E-state index < -0.39 is 5.97 Å². The minimum atomic E-state index is -0.655. The minimum absolute atomic E-state index is 0.155. The summed E-state index contributed by atoms with van der Waals surface area (Å²) >= 11 is 0. The van der Waals surface area contributed by atoms with E-state index in [-0.39, 0.29) is 31.3 Å². The standard InChI is InChI=1S/C25H22N2O4/c1-16-25(20-11-4-5-12-21(20)27-16)22(28)15-31-24(30)14-26-23(29)13-18-9-6-8-17-7-2-3-10-19(17)18/h2-12,27H,13-15H2,1H3,(H,26,29). The second-order valence-corrected chi connectivity index (χ2v) is 7.35. The zero-order chi connectivity index (χ0) is 21.8. The molecule has 0 atom stereocenters. The van der Waals surface area contributed by atoms with Gasteiger partial charge in [0.1, 0.15) is 6.54 Å². The van der Waals surface area contributed by atoms with E-state index >= 15 is 0 Å². The maximum Gasteiger partial charge on any atom is 0.325 e. The molecule has 0 spiro atoms. The summed E-state index contributed by atoms with van der Waals surface area (Å²) in [6.07, 6.45) is 0.155. The Morgan fingerprint density at radius 1 is 0.903 bits per heavy atom.